The van der Waals surface area contributed by atoms with Crippen LogP contribution in [0.3, 0.4) is 0 Å². The van der Waals surface area contributed by atoms with Crippen molar-refractivity contribution in [3.63, 3.8) is 0 Å². The highest BCUT2D eigenvalue weighted by Gasteiger charge is 2.14. The molecule has 5 N–H and O–H groups in total. The van der Waals surface area contributed by atoms with Crippen molar-refractivity contribution in [3.05, 3.63) is 27.0 Å². The number of rotatable bonds is 4. The molecule has 0 fully saturated rings. The van der Waals surface area contributed by atoms with Crippen LogP contribution in [0, 0.1) is 0 Å². The molecular weight excluding hydrogens is 244 g/mol. The summed E-state index contributed by atoms with van der Waals surface area (Å²) in [5.41, 5.74) is -1.77. The van der Waals surface area contributed by atoms with E-state index >= 15 is 0 Å². The number of aromatic amines is 2. The Kier molecular flexibility index (Phi) is 4.81. The lowest BCUT2D eigenvalue weighted by Crippen LogP contribution is -2.38. The molecule has 1 aromatic rings. The fourth-order valence-corrected chi connectivity index (χ4v) is 1.04. The molecule has 0 spiro atoms. The summed E-state index contributed by atoms with van der Waals surface area (Å²) in [6.45, 7) is 0.0340. The van der Waals surface area contributed by atoms with Gasteiger partial charge in [0.25, 0.3) is 5.56 Å². The Hall–Kier alpha value is -2.42. The number of aromatic nitrogens is 2. The van der Waals surface area contributed by atoms with E-state index in [0.29, 0.717) is 6.42 Å². The standard InChI is InChI=1S/C9H12N4O5/c14-3-1-2-10-7(16)8(17)12-5-4-11-9(18)13-6(5)15/h4,14H,1-3H2,(H,10,16)(H,12,17)(H2,11,13,15,18). The van der Waals surface area contributed by atoms with Crippen molar-refractivity contribution in [2.24, 2.45) is 0 Å². The van der Waals surface area contributed by atoms with Crippen LogP contribution < -0.4 is 21.9 Å². The van der Waals surface area contributed by atoms with Gasteiger partial charge in [-0.05, 0) is 6.42 Å². The van der Waals surface area contributed by atoms with E-state index < -0.39 is 23.1 Å². The van der Waals surface area contributed by atoms with Crippen LogP contribution in [0.25, 0.3) is 0 Å². The van der Waals surface area contributed by atoms with E-state index in [0.717, 1.165) is 6.20 Å². The molecule has 0 aliphatic heterocycles. The lowest BCUT2D eigenvalue weighted by Gasteiger charge is -2.04. The molecule has 0 unspecified atom stereocenters. The summed E-state index contributed by atoms with van der Waals surface area (Å²) in [5.74, 6) is -1.97. The summed E-state index contributed by atoms with van der Waals surface area (Å²) < 4.78 is 0. The minimum absolute atomic E-state index is 0.110. The van der Waals surface area contributed by atoms with E-state index in [2.05, 4.69) is 10.3 Å². The molecule has 1 heterocycles. The average Bonchev–Trinajstić information content (AvgIpc) is 2.32. The molecule has 98 valence electrons. The van der Waals surface area contributed by atoms with Gasteiger partial charge in [0.15, 0.2) is 0 Å². The van der Waals surface area contributed by atoms with Gasteiger partial charge in [-0.2, -0.15) is 0 Å². The zero-order valence-corrected chi connectivity index (χ0v) is 9.28. The third-order valence-corrected chi connectivity index (χ3v) is 1.89. The van der Waals surface area contributed by atoms with Crippen molar-refractivity contribution in [1.29, 1.82) is 0 Å². The number of carbonyl (C=O) groups is 2. The zero-order chi connectivity index (χ0) is 13.5. The second-order valence-corrected chi connectivity index (χ2v) is 3.27. The van der Waals surface area contributed by atoms with Crippen LogP contribution in [0.15, 0.2) is 15.8 Å². The maximum Gasteiger partial charge on any atom is 0.325 e. The number of hydrogen-bond acceptors (Lipinski definition) is 5. The Balaban J connectivity index is 2.61. The van der Waals surface area contributed by atoms with Crippen LogP contribution in [-0.2, 0) is 9.59 Å². The van der Waals surface area contributed by atoms with Crippen LogP contribution in [0.2, 0.25) is 0 Å². The molecule has 0 aromatic carbocycles. The molecule has 0 saturated carbocycles. The van der Waals surface area contributed by atoms with Crippen molar-refractivity contribution in [2.75, 3.05) is 18.5 Å². The number of nitrogens with one attached hydrogen (secondary N) is 4. The lowest BCUT2D eigenvalue weighted by molar-refractivity contribution is -0.136. The SMILES string of the molecule is O=C(NCCCO)C(=O)Nc1c[nH]c(=O)[nH]c1=O. The number of H-pyrrole nitrogens is 2. The van der Waals surface area contributed by atoms with E-state index in [1.54, 1.807) is 0 Å². The predicted octanol–water partition coefficient (Wildman–Crippen LogP) is -2.50. The summed E-state index contributed by atoms with van der Waals surface area (Å²) in [6, 6.07) is 0. The Morgan fingerprint density at radius 2 is 2.00 bits per heavy atom. The van der Waals surface area contributed by atoms with Gasteiger partial charge in [-0.1, -0.05) is 0 Å². The number of hydrogen-bond donors (Lipinski definition) is 5. The Morgan fingerprint density at radius 1 is 1.28 bits per heavy atom. The second-order valence-electron chi connectivity index (χ2n) is 3.27. The minimum Gasteiger partial charge on any atom is -0.396 e. The Morgan fingerprint density at radius 3 is 2.61 bits per heavy atom. The molecule has 0 aliphatic rings. The van der Waals surface area contributed by atoms with Gasteiger partial charge >= 0.3 is 17.5 Å². The first-order valence-electron chi connectivity index (χ1n) is 5.06. The number of aliphatic hydroxyl groups excluding tert-OH is 1. The smallest absolute Gasteiger partial charge is 0.325 e. The largest absolute Gasteiger partial charge is 0.396 e. The van der Waals surface area contributed by atoms with E-state index in [9.17, 15) is 19.2 Å². The summed E-state index contributed by atoms with van der Waals surface area (Å²) in [6.07, 6.45) is 1.30. The third kappa shape index (κ3) is 3.87. The highest BCUT2D eigenvalue weighted by atomic mass is 16.3. The summed E-state index contributed by atoms with van der Waals surface area (Å²) in [5, 5.41) is 12.8. The first-order valence-corrected chi connectivity index (χ1v) is 5.06. The molecule has 18 heavy (non-hydrogen) atoms. The van der Waals surface area contributed by atoms with Crippen LogP contribution in [0.1, 0.15) is 6.42 Å². The van der Waals surface area contributed by atoms with Crippen LogP contribution in [0.4, 0.5) is 5.69 Å². The first kappa shape index (κ1) is 13.6. The maximum absolute atomic E-state index is 11.3. The molecule has 0 bridgehead atoms. The zero-order valence-electron chi connectivity index (χ0n) is 9.28. The van der Waals surface area contributed by atoms with Gasteiger partial charge in [0.1, 0.15) is 5.69 Å². The Bertz CT molecular complexity index is 546. The monoisotopic (exact) mass is 256 g/mol. The average molecular weight is 256 g/mol. The van der Waals surface area contributed by atoms with Gasteiger partial charge in [-0.25, -0.2) is 4.79 Å². The van der Waals surface area contributed by atoms with Gasteiger partial charge < -0.3 is 20.7 Å². The number of aliphatic hydroxyl groups is 1. The fraction of sp³-hybridized carbons (Fsp3) is 0.333. The molecule has 0 radical (unpaired) electrons. The van der Waals surface area contributed by atoms with Gasteiger partial charge in [0.05, 0.1) is 0 Å². The number of carbonyl (C=O) groups excluding carboxylic acids is 2. The maximum atomic E-state index is 11.3. The quantitative estimate of drug-likeness (QED) is 0.299. The minimum atomic E-state index is -1.04. The van der Waals surface area contributed by atoms with Gasteiger partial charge in [-0.3, -0.25) is 19.4 Å². The molecule has 0 saturated heterocycles. The molecule has 1 aromatic heterocycles. The Labute approximate surface area is 100 Å². The molecule has 9 nitrogen and oxygen atoms in total. The molecule has 2 amide bonds. The van der Waals surface area contributed by atoms with Crippen molar-refractivity contribution < 1.29 is 14.7 Å². The molecule has 9 heteroatoms. The first-order chi connectivity index (χ1) is 8.54. The number of anilines is 1. The predicted molar refractivity (Wildman–Crippen MR) is 61.0 cm³/mol. The third-order valence-electron chi connectivity index (χ3n) is 1.89. The van der Waals surface area contributed by atoms with Gasteiger partial charge in [0, 0.05) is 19.3 Å². The summed E-state index contributed by atoms with van der Waals surface area (Å²) in [7, 11) is 0. The summed E-state index contributed by atoms with van der Waals surface area (Å²) >= 11 is 0. The number of amides is 2. The van der Waals surface area contributed by atoms with Crippen molar-refractivity contribution in [2.45, 2.75) is 6.42 Å². The normalized spacial score (nSPS) is 9.83. The van der Waals surface area contributed by atoms with Crippen LogP contribution in [0.5, 0.6) is 0 Å². The lowest BCUT2D eigenvalue weighted by atomic mass is 10.4. The van der Waals surface area contributed by atoms with Crippen LogP contribution >= 0.6 is 0 Å². The van der Waals surface area contributed by atoms with Crippen molar-refractivity contribution >= 4 is 17.5 Å². The summed E-state index contributed by atoms with van der Waals surface area (Å²) in [4.78, 5) is 48.5. The second kappa shape index (κ2) is 6.35. The van der Waals surface area contributed by atoms with E-state index in [1.165, 1.54) is 0 Å². The van der Waals surface area contributed by atoms with E-state index in [1.807, 2.05) is 10.3 Å². The molecule has 1 rings (SSSR count). The molecule has 0 atom stereocenters. The molecular formula is C9H12N4O5. The van der Waals surface area contributed by atoms with Gasteiger partial charge in [0.2, 0.25) is 0 Å². The molecule has 0 aliphatic carbocycles. The topological polar surface area (TPSA) is 144 Å². The fourth-order valence-electron chi connectivity index (χ4n) is 1.04. The van der Waals surface area contributed by atoms with E-state index in [4.69, 9.17) is 5.11 Å². The van der Waals surface area contributed by atoms with Crippen molar-refractivity contribution in [3.8, 4) is 0 Å². The van der Waals surface area contributed by atoms with Crippen LogP contribution in [-0.4, -0.2) is 40.0 Å². The highest BCUT2D eigenvalue weighted by molar-refractivity contribution is 6.39. The van der Waals surface area contributed by atoms with Gasteiger partial charge in [-0.15, -0.1) is 0 Å². The van der Waals surface area contributed by atoms with Crippen molar-refractivity contribution in [1.82, 2.24) is 15.3 Å². The highest BCUT2D eigenvalue weighted by Crippen LogP contribution is 1.91. The van der Waals surface area contributed by atoms with E-state index in [-0.39, 0.29) is 18.8 Å².